The van der Waals surface area contributed by atoms with Gasteiger partial charge >= 0.3 is 0 Å². The number of carbonyl (C=O) groups is 1. The highest BCUT2D eigenvalue weighted by molar-refractivity contribution is 5.91. The fourth-order valence-corrected chi connectivity index (χ4v) is 1.88. The van der Waals surface area contributed by atoms with Gasteiger partial charge in [0.25, 0.3) is 0 Å². The molecule has 0 saturated carbocycles. The lowest BCUT2D eigenvalue weighted by molar-refractivity contribution is -0.116. The molecular formula is C14H20N6O. The monoisotopic (exact) mass is 288 g/mol. The van der Waals surface area contributed by atoms with Crippen molar-refractivity contribution in [1.29, 1.82) is 0 Å². The van der Waals surface area contributed by atoms with Crippen molar-refractivity contribution in [2.45, 2.75) is 32.7 Å². The van der Waals surface area contributed by atoms with E-state index in [0.717, 1.165) is 24.2 Å². The van der Waals surface area contributed by atoms with E-state index in [1.807, 2.05) is 24.3 Å². The molecule has 1 aromatic carbocycles. The maximum Gasteiger partial charge on any atom is 0.224 e. The summed E-state index contributed by atoms with van der Waals surface area (Å²) in [7, 11) is 0. The number of H-pyrrole nitrogens is 1. The van der Waals surface area contributed by atoms with Crippen molar-refractivity contribution in [2.24, 2.45) is 0 Å². The molecule has 1 aromatic heterocycles. The molecule has 0 saturated heterocycles. The first-order chi connectivity index (χ1) is 10.1. The Balaban J connectivity index is 1.85. The molecule has 7 heteroatoms. The second-order valence-electron chi connectivity index (χ2n) is 5.08. The van der Waals surface area contributed by atoms with Crippen LogP contribution in [0.25, 0.3) is 11.4 Å². The van der Waals surface area contributed by atoms with Gasteiger partial charge in [-0.1, -0.05) is 26.0 Å². The van der Waals surface area contributed by atoms with Crippen LogP contribution in [-0.2, 0) is 4.79 Å². The molecule has 7 nitrogen and oxygen atoms in total. The van der Waals surface area contributed by atoms with E-state index in [9.17, 15) is 4.79 Å². The fourth-order valence-electron chi connectivity index (χ4n) is 1.88. The molecule has 3 N–H and O–H groups in total. The first-order valence-electron chi connectivity index (χ1n) is 7.02. The van der Waals surface area contributed by atoms with Crippen molar-refractivity contribution in [1.82, 2.24) is 25.9 Å². The quantitative estimate of drug-likeness (QED) is 0.672. The van der Waals surface area contributed by atoms with E-state index < -0.39 is 0 Å². The molecule has 0 bridgehead atoms. The van der Waals surface area contributed by atoms with Crippen LogP contribution in [0.5, 0.6) is 0 Å². The van der Waals surface area contributed by atoms with Crippen molar-refractivity contribution in [3.63, 3.8) is 0 Å². The topological polar surface area (TPSA) is 95.6 Å². The van der Waals surface area contributed by atoms with Gasteiger partial charge in [-0.25, -0.2) is 0 Å². The minimum absolute atomic E-state index is 0.00539. The summed E-state index contributed by atoms with van der Waals surface area (Å²) in [4.78, 5) is 11.9. The third kappa shape index (κ3) is 4.96. The van der Waals surface area contributed by atoms with Crippen molar-refractivity contribution in [3.8, 4) is 11.4 Å². The number of aromatic amines is 1. The lowest BCUT2D eigenvalue weighted by Crippen LogP contribution is -2.24. The van der Waals surface area contributed by atoms with E-state index in [1.54, 1.807) is 0 Å². The van der Waals surface area contributed by atoms with Crippen LogP contribution < -0.4 is 10.6 Å². The third-order valence-electron chi connectivity index (χ3n) is 2.88. The smallest absolute Gasteiger partial charge is 0.224 e. The molecule has 0 radical (unpaired) electrons. The van der Waals surface area contributed by atoms with Gasteiger partial charge in [0, 0.05) is 23.7 Å². The Labute approximate surface area is 123 Å². The molecule has 1 amide bonds. The van der Waals surface area contributed by atoms with Gasteiger partial charge in [-0.15, -0.1) is 10.2 Å². The zero-order valence-electron chi connectivity index (χ0n) is 12.3. The summed E-state index contributed by atoms with van der Waals surface area (Å²) in [5.74, 6) is 0.512. The number of nitrogens with zero attached hydrogens (tertiary/aromatic N) is 3. The van der Waals surface area contributed by atoms with E-state index in [1.165, 1.54) is 0 Å². The summed E-state index contributed by atoms with van der Waals surface area (Å²) in [6, 6.07) is 7.83. The predicted octanol–water partition coefficient (Wildman–Crippen LogP) is 1.58. The summed E-state index contributed by atoms with van der Waals surface area (Å²) < 4.78 is 0. The zero-order chi connectivity index (χ0) is 15.1. The van der Waals surface area contributed by atoms with E-state index in [2.05, 4.69) is 45.1 Å². The Morgan fingerprint density at radius 3 is 2.95 bits per heavy atom. The van der Waals surface area contributed by atoms with E-state index in [0.29, 0.717) is 18.3 Å². The Morgan fingerprint density at radius 2 is 2.24 bits per heavy atom. The summed E-state index contributed by atoms with van der Waals surface area (Å²) in [6.45, 7) is 5.01. The first-order valence-corrected chi connectivity index (χ1v) is 7.02. The number of aromatic nitrogens is 4. The van der Waals surface area contributed by atoms with Crippen molar-refractivity contribution in [2.75, 3.05) is 11.9 Å². The summed E-state index contributed by atoms with van der Waals surface area (Å²) in [6.07, 6.45) is 1.31. The molecule has 1 heterocycles. The van der Waals surface area contributed by atoms with Crippen LogP contribution in [-0.4, -0.2) is 39.1 Å². The average Bonchev–Trinajstić information content (AvgIpc) is 2.98. The molecule has 0 atom stereocenters. The maximum atomic E-state index is 11.9. The maximum absolute atomic E-state index is 11.9. The second-order valence-corrected chi connectivity index (χ2v) is 5.08. The predicted molar refractivity (Wildman–Crippen MR) is 80.6 cm³/mol. The van der Waals surface area contributed by atoms with Crippen LogP contribution in [0, 0.1) is 0 Å². The van der Waals surface area contributed by atoms with Crippen molar-refractivity contribution < 1.29 is 4.79 Å². The molecule has 0 fully saturated rings. The van der Waals surface area contributed by atoms with Crippen LogP contribution in [0.3, 0.4) is 0 Å². The standard InChI is InChI=1S/C14H20N6O/c1-10(2)15-8-4-7-13(21)16-12-6-3-5-11(9-12)14-17-19-20-18-14/h3,5-6,9-10,15H,4,7-8H2,1-2H3,(H,16,21)(H,17,18,19,20). The lowest BCUT2D eigenvalue weighted by Gasteiger charge is -2.08. The summed E-state index contributed by atoms with van der Waals surface area (Å²) >= 11 is 0. The zero-order valence-corrected chi connectivity index (χ0v) is 12.3. The second kappa shape index (κ2) is 7.49. The van der Waals surface area contributed by atoms with Crippen LogP contribution >= 0.6 is 0 Å². The molecule has 0 aliphatic carbocycles. The molecule has 0 aliphatic rings. The molecule has 112 valence electrons. The number of anilines is 1. The van der Waals surface area contributed by atoms with Gasteiger partial charge < -0.3 is 10.6 Å². The Morgan fingerprint density at radius 1 is 1.38 bits per heavy atom. The minimum atomic E-state index is 0.00539. The highest BCUT2D eigenvalue weighted by Crippen LogP contribution is 2.18. The number of amides is 1. The number of hydrogen-bond donors (Lipinski definition) is 3. The van der Waals surface area contributed by atoms with Gasteiger partial charge in [0.05, 0.1) is 0 Å². The molecule has 2 aromatic rings. The fraction of sp³-hybridized carbons (Fsp3) is 0.429. The number of rotatable bonds is 7. The largest absolute Gasteiger partial charge is 0.326 e. The molecule has 2 rings (SSSR count). The van der Waals surface area contributed by atoms with Crippen molar-refractivity contribution >= 4 is 11.6 Å². The van der Waals surface area contributed by atoms with E-state index >= 15 is 0 Å². The Kier molecular flexibility index (Phi) is 5.39. The number of nitrogens with one attached hydrogen (secondary N) is 3. The van der Waals surface area contributed by atoms with Gasteiger partial charge in [-0.2, -0.15) is 5.21 Å². The summed E-state index contributed by atoms with van der Waals surface area (Å²) in [5, 5.41) is 19.9. The molecule has 0 spiro atoms. The third-order valence-corrected chi connectivity index (χ3v) is 2.88. The molecule has 21 heavy (non-hydrogen) atoms. The highest BCUT2D eigenvalue weighted by atomic mass is 16.1. The number of carbonyl (C=O) groups excluding carboxylic acids is 1. The van der Waals surface area contributed by atoms with Gasteiger partial charge in [0.15, 0.2) is 0 Å². The number of tetrazole rings is 1. The lowest BCUT2D eigenvalue weighted by atomic mass is 10.2. The average molecular weight is 288 g/mol. The van der Waals surface area contributed by atoms with Crippen LogP contribution in [0.2, 0.25) is 0 Å². The molecule has 0 unspecified atom stereocenters. The highest BCUT2D eigenvalue weighted by Gasteiger charge is 2.06. The molecule has 0 aliphatic heterocycles. The van der Waals surface area contributed by atoms with Crippen LogP contribution in [0.15, 0.2) is 24.3 Å². The van der Waals surface area contributed by atoms with E-state index in [4.69, 9.17) is 0 Å². The summed E-state index contributed by atoms with van der Waals surface area (Å²) in [5.41, 5.74) is 1.54. The normalized spacial score (nSPS) is 10.8. The van der Waals surface area contributed by atoms with Gasteiger partial charge in [-0.05, 0) is 30.3 Å². The van der Waals surface area contributed by atoms with Gasteiger partial charge in [-0.3, -0.25) is 4.79 Å². The SMILES string of the molecule is CC(C)NCCCC(=O)Nc1cccc(-c2nn[nH]n2)c1. The first kappa shape index (κ1) is 15.1. The van der Waals surface area contributed by atoms with Crippen LogP contribution in [0.1, 0.15) is 26.7 Å². The molecular weight excluding hydrogens is 268 g/mol. The number of hydrogen-bond acceptors (Lipinski definition) is 5. The Bertz CT molecular complexity index is 567. The van der Waals surface area contributed by atoms with Gasteiger partial charge in [0.2, 0.25) is 11.7 Å². The van der Waals surface area contributed by atoms with Gasteiger partial charge in [0.1, 0.15) is 0 Å². The van der Waals surface area contributed by atoms with Crippen molar-refractivity contribution in [3.05, 3.63) is 24.3 Å². The van der Waals surface area contributed by atoms with Crippen LogP contribution in [0.4, 0.5) is 5.69 Å². The Hall–Kier alpha value is -2.28. The number of benzene rings is 1. The minimum Gasteiger partial charge on any atom is -0.326 e. The van der Waals surface area contributed by atoms with E-state index in [-0.39, 0.29) is 5.91 Å².